The predicted octanol–water partition coefficient (Wildman–Crippen LogP) is 8.26. The Bertz CT molecular complexity index is 1160. The minimum atomic E-state index is -5.69. The number of nitrogens with zero attached hydrogens (tertiary/aromatic N) is 2. The van der Waals surface area contributed by atoms with Crippen molar-refractivity contribution in [3.63, 3.8) is 0 Å². The maximum atomic E-state index is 13.5. The van der Waals surface area contributed by atoms with Crippen molar-refractivity contribution >= 4 is 57.6 Å². The number of halogens is 12. The van der Waals surface area contributed by atoms with E-state index >= 15 is 0 Å². The highest BCUT2D eigenvalue weighted by Gasteiger charge is 2.47. The third-order valence-electron chi connectivity index (χ3n) is 3.95. The zero-order valence-electron chi connectivity index (χ0n) is 15.2. The second kappa shape index (κ2) is 8.81. The minimum absolute atomic E-state index is 0.00929. The van der Waals surface area contributed by atoms with Crippen LogP contribution in [0, 0.1) is 20.2 Å². The molecular weight excluding hydrogens is 564 g/mol. The monoisotopic (exact) mass is 565 g/mol. The highest BCUT2D eigenvalue weighted by atomic mass is 35.5. The second-order valence-electron chi connectivity index (χ2n) is 6.09. The van der Waals surface area contributed by atoms with Crippen LogP contribution in [0.25, 0.3) is 0 Å². The van der Waals surface area contributed by atoms with E-state index in [2.05, 4.69) is 0 Å². The molecular formula is C15H3Cl3F9N3O4. The number of nitro groups is 2. The molecule has 0 unspecified atom stereocenters. The molecule has 2 aromatic rings. The Morgan fingerprint density at radius 2 is 1.12 bits per heavy atom. The van der Waals surface area contributed by atoms with Crippen LogP contribution < -0.4 is 5.32 Å². The molecule has 0 radical (unpaired) electrons. The van der Waals surface area contributed by atoms with Gasteiger partial charge in [0, 0.05) is 6.07 Å². The van der Waals surface area contributed by atoms with Crippen molar-refractivity contribution in [3.8, 4) is 0 Å². The molecule has 0 atom stereocenters. The first-order chi connectivity index (χ1) is 15.2. The van der Waals surface area contributed by atoms with Crippen LogP contribution in [0.15, 0.2) is 12.1 Å². The summed E-state index contributed by atoms with van der Waals surface area (Å²) in [6.45, 7) is 0. The molecule has 7 nitrogen and oxygen atoms in total. The Hall–Kier alpha value is -2.72. The largest absolute Gasteiger partial charge is 0.419 e. The van der Waals surface area contributed by atoms with E-state index in [4.69, 9.17) is 34.8 Å². The number of alkyl halides is 9. The number of hydrogen-bond acceptors (Lipinski definition) is 5. The highest BCUT2D eigenvalue weighted by molar-refractivity contribution is 6.44. The molecule has 0 aromatic heterocycles. The standard InChI is InChI=1S/C15H3Cl3F9N3O4/c16-8-6(14(22,23)24)9(17)12(10(18)7(8)15(25,26)27)28-11-4(13(19,20)21)1-3(29(31)32)2-5(11)30(33)34/h1-2,28H. The van der Waals surface area contributed by atoms with Gasteiger partial charge in [-0.3, -0.25) is 20.2 Å². The number of hydrogen-bond donors (Lipinski definition) is 1. The van der Waals surface area contributed by atoms with Crippen LogP contribution in [0.5, 0.6) is 0 Å². The number of nitrogens with one attached hydrogen (secondary N) is 1. The Morgan fingerprint density at radius 1 is 0.676 bits per heavy atom. The first-order valence-electron chi connectivity index (χ1n) is 7.85. The summed E-state index contributed by atoms with van der Waals surface area (Å²) >= 11 is 16.2. The van der Waals surface area contributed by atoms with Gasteiger partial charge in [-0.15, -0.1) is 0 Å². The fraction of sp³-hybridized carbons (Fsp3) is 0.200. The predicted molar refractivity (Wildman–Crippen MR) is 99.5 cm³/mol. The molecule has 0 amide bonds. The van der Waals surface area contributed by atoms with Crippen LogP contribution in [0.4, 0.5) is 62.3 Å². The van der Waals surface area contributed by atoms with Crippen LogP contribution in [0.3, 0.4) is 0 Å². The van der Waals surface area contributed by atoms with Gasteiger partial charge in [0.1, 0.15) is 5.69 Å². The summed E-state index contributed by atoms with van der Waals surface area (Å²) in [5.74, 6) is 0. The molecule has 0 saturated carbocycles. The van der Waals surface area contributed by atoms with Gasteiger partial charge in [0.15, 0.2) is 0 Å². The van der Waals surface area contributed by atoms with Gasteiger partial charge in [0.2, 0.25) is 0 Å². The molecule has 1 N–H and O–H groups in total. The van der Waals surface area contributed by atoms with Crippen molar-refractivity contribution in [2.45, 2.75) is 18.5 Å². The van der Waals surface area contributed by atoms with Crippen LogP contribution in [0.2, 0.25) is 15.1 Å². The quantitative estimate of drug-likeness (QED) is 0.228. The number of nitro benzene ring substituents is 2. The normalized spacial score (nSPS) is 12.6. The summed E-state index contributed by atoms with van der Waals surface area (Å²) in [4.78, 5) is 19.1. The van der Waals surface area contributed by atoms with E-state index in [0.29, 0.717) is 0 Å². The summed E-state index contributed by atoms with van der Waals surface area (Å²) in [7, 11) is 0. The number of non-ortho nitro benzene ring substituents is 1. The smallest absolute Gasteiger partial charge is 0.347 e. The first-order valence-corrected chi connectivity index (χ1v) is 8.98. The lowest BCUT2D eigenvalue weighted by Crippen LogP contribution is -2.17. The van der Waals surface area contributed by atoms with Gasteiger partial charge < -0.3 is 5.32 Å². The molecule has 0 aliphatic rings. The molecule has 0 aliphatic carbocycles. The maximum absolute atomic E-state index is 13.5. The van der Waals surface area contributed by atoms with Gasteiger partial charge in [0.05, 0.1) is 53.4 Å². The van der Waals surface area contributed by atoms with E-state index < -0.39 is 82.9 Å². The van der Waals surface area contributed by atoms with Gasteiger partial charge in [-0.1, -0.05) is 34.8 Å². The number of benzene rings is 2. The average molecular weight is 567 g/mol. The third-order valence-corrected chi connectivity index (χ3v) is 5.08. The van der Waals surface area contributed by atoms with Crippen molar-refractivity contribution in [2.24, 2.45) is 0 Å². The molecule has 0 saturated heterocycles. The van der Waals surface area contributed by atoms with Gasteiger partial charge in [-0.25, -0.2) is 0 Å². The summed E-state index contributed by atoms with van der Waals surface area (Å²) in [6.07, 6.45) is -17.0. The summed E-state index contributed by atoms with van der Waals surface area (Å²) in [6, 6.07) is -0.243. The SMILES string of the molecule is O=[N+]([O-])c1cc([N+](=O)[O-])c(Nc2c(Cl)c(C(F)(F)F)c(Cl)c(C(F)(F)F)c2Cl)c(C(F)(F)F)c1. The lowest BCUT2D eigenvalue weighted by atomic mass is 10.1. The van der Waals surface area contributed by atoms with Gasteiger partial charge in [-0.2, -0.15) is 39.5 Å². The third kappa shape index (κ3) is 5.17. The lowest BCUT2D eigenvalue weighted by molar-refractivity contribution is -0.394. The Kier molecular flexibility index (Phi) is 7.13. The van der Waals surface area contributed by atoms with Crippen molar-refractivity contribution in [3.05, 3.63) is 64.1 Å². The molecule has 34 heavy (non-hydrogen) atoms. The molecule has 19 heteroatoms. The van der Waals surface area contributed by atoms with Crippen LogP contribution in [-0.4, -0.2) is 9.85 Å². The van der Waals surface area contributed by atoms with Crippen LogP contribution in [-0.2, 0) is 18.5 Å². The number of rotatable bonds is 4. The second-order valence-corrected chi connectivity index (χ2v) is 7.22. The molecule has 0 aliphatic heterocycles. The molecule has 0 spiro atoms. The highest BCUT2D eigenvalue weighted by Crippen LogP contribution is 2.54. The van der Waals surface area contributed by atoms with E-state index in [9.17, 15) is 59.7 Å². The molecule has 186 valence electrons. The van der Waals surface area contributed by atoms with Crippen molar-refractivity contribution in [2.75, 3.05) is 5.32 Å². The van der Waals surface area contributed by atoms with Gasteiger partial charge in [-0.05, 0) is 0 Å². The fourth-order valence-electron chi connectivity index (χ4n) is 2.61. The molecule has 2 aromatic carbocycles. The van der Waals surface area contributed by atoms with Crippen molar-refractivity contribution in [1.82, 2.24) is 0 Å². The summed E-state index contributed by atoms with van der Waals surface area (Å²) in [5.41, 5.74) is -13.5. The topological polar surface area (TPSA) is 98.3 Å². The summed E-state index contributed by atoms with van der Waals surface area (Å²) in [5, 5.41) is 18.0. The van der Waals surface area contributed by atoms with E-state index in [0.717, 1.165) is 0 Å². The Balaban J connectivity index is 3.05. The van der Waals surface area contributed by atoms with Crippen molar-refractivity contribution in [1.29, 1.82) is 0 Å². The zero-order valence-corrected chi connectivity index (χ0v) is 17.5. The first kappa shape index (κ1) is 27.5. The van der Waals surface area contributed by atoms with E-state index in [1.807, 2.05) is 0 Å². The van der Waals surface area contributed by atoms with Crippen molar-refractivity contribution < 1.29 is 49.4 Å². The van der Waals surface area contributed by atoms with E-state index in [1.165, 1.54) is 5.32 Å². The van der Waals surface area contributed by atoms with Gasteiger partial charge >= 0.3 is 18.5 Å². The molecule has 0 fully saturated rings. The van der Waals surface area contributed by atoms with Crippen LogP contribution >= 0.6 is 34.8 Å². The zero-order chi connectivity index (χ0) is 26.5. The lowest BCUT2D eigenvalue weighted by Gasteiger charge is -2.23. The van der Waals surface area contributed by atoms with E-state index in [1.54, 1.807) is 0 Å². The fourth-order valence-corrected chi connectivity index (χ4v) is 3.85. The summed E-state index contributed by atoms with van der Waals surface area (Å²) < 4.78 is 121. The Labute approximate surface area is 195 Å². The Morgan fingerprint density at radius 3 is 1.44 bits per heavy atom. The van der Waals surface area contributed by atoms with E-state index in [-0.39, 0.29) is 12.1 Å². The minimum Gasteiger partial charge on any atom is -0.347 e. The molecule has 0 heterocycles. The molecule has 2 rings (SSSR count). The van der Waals surface area contributed by atoms with Gasteiger partial charge in [0.25, 0.3) is 11.4 Å². The average Bonchev–Trinajstić information content (AvgIpc) is 2.61. The molecule has 0 bridgehead atoms. The number of anilines is 2. The van der Waals surface area contributed by atoms with Crippen LogP contribution in [0.1, 0.15) is 16.7 Å². The maximum Gasteiger partial charge on any atom is 0.419 e.